The lowest BCUT2D eigenvalue weighted by atomic mass is 10.1. The predicted octanol–water partition coefficient (Wildman–Crippen LogP) is 5.04. The van der Waals surface area contributed by atoms with Crippen LogP contribution in [0.3, 0.4) is 0 Å². The van der Waals surface area contributed by atoms with Crippen LogP contribution in [0, 0.1) is 0 Å². The lowest BCUT2D eigenvalue weighted by Crippen LogP contribution is -2.21. The Morgan fingerprint density at radius 2 is 1.50 bits per heavy atom. The average Bonchev–Trinajstić information content (AvgIpc) is 3.51. The van der Waals surface area contributed by atoms with E-state index in [1.54, 1.807) is 12.4 Å². The number of hydrogen-bond acceptors (Lipinski definition) is 7. The highest BCUT2D eigenvalue weighted by Crippen LogP contribution is 2.28. The molecule has 1 unspecified atom stereocenters. The van der Waals surface area contributed by atoms with Gasteiger partial charge in [-0.3, -0.25) is 9.88 Å². The molecule has 4 rings (SSSR count). The number of aliphatic carboxylic acids is 2. The SMILES string of the molecule is Clc1ccc(CN2CCC(c3nc(-c4ccncc4)no3)C2)cc1.O=C(O)C(F)(F)F.O=C(O)C(F)(F)F. The van der Waals surface area contributed by atoms with Gasteiger partial charge in [-0.25, -0.2) is 9.59 Å². The topological polar surface area (TPSA) is 130 Å². The first-order valence-electron chi connectivity index (χ1n) is 10.5. The molecular weight excluding hydrogens is 550 g/mol. The molecule has 0 aliphatic carbocycles. The number of halogens is 7. The molecular formula is C22H19ClF6N4O5. The van der Waals surface area contributed by atoms with Gasteiger partial charge in [-0.05, 0) is 42.8 Å². The number of aromatic nitrogens is 3. The zero-order valence-electron chi connectivity index (χ0n) is 19.1. The third-order valence-electron chi connectivity index (χ3n) is 4.81. The Morgan fingerprint density at radius 1 is 0.974 bits per heavy atom. The Bertz CT molecular complexity index is 1170. The van der Waals surface area contributed by atoms with E-state index >= 15 is 0 Å². The summed E-state index contributed by atoms with van der Waals surface area (Å²) < 4.78 is 69.0. The van der Waals surface area contributed by atoms with Gasteiger partial charge in [-0.15, -0.1) is 0 Å². The molecule has 2 aromatic heterocycles. The Balaban J connectivity index is 0.000000301. The van der Waals surface area contributed by atoms with Gasteiger partial charge in [-0.1, -0.05) is 28.9 Å². The van der Waals surface area contributed by atoms with Crippen molar-refractivity contribution < 1.29 is 50.7 Å². The standard InChI is InChI=1S/C18H17ClN4O.2C2HF3O2/c19-16-3-1-13(2-4-16)11-23-10-7-15(12-23)18-21-17(22-24-18)14-5-8-20-9-6-14;2*3-2(4,5)1(6)7/h1-6,8-9,15H,7,10-12H2;2*(H,6,7). The van der Waals surface area contributed by atoms with Gasteiger partial charge in [-0.2, -0.15) is 31.3 Å². The third kappa shape index (κ3) is 9.97. The number of carboxylic acids is 2. The van der Waals surface area contributed by atoms with E-state index in [0.717, 1.165) is 42.5 Å². The van der Waals surface area contributed by atoms with Crippen molar-refractivity contribution in [2.75, 3.05) is 13.1 Å². The van der Waals surface area contributed by atoms with Crippen molar-refractivity contribution in [1.82, 2.24) is 20.0 Å². The number of nitrogens with zero attached hydrogens (tertiary/aromatic N) is 4. The molecule has 0 saturated carbocycles. The van der Waals surface area contributed by atoms with Crippen LogP contribution in [0.1, 0.15) is 23.8 Å². The average molecular weight is 569 g/mol. The maximum Gasteiger partial charge on any atom is 0.490 e. The monoisotopic (exact) mass is 568 g/mol. The van der Waals surface area contributed by atoms with Crippen LogP contribution in [0.5, 0.6) is 0 Å². The summed E-state index contributed by atoms with van der Waals surface area (Å²) in [6, 6.07) is 11.8. The highest BCUT2D eigenvalue weighted by atomic mass is 35.5. The van der Waals surface area contributed by atoms with Crippen LogP contribution < -0.4 is 0 Å². The molecule has 1 aliphatic rings. The summed E-state index contributed by atoms with van der Waals surface area (Å²) in [4.78, 5) is 28.8. The minimum absolute atomic E-state index is 0.292. The van der Waals surface area contributed by atoms with Gasteiger partial charge < -0.3 is 14.7 Å². The van der Waals surface area contributed by atoms with E-state index in [1.165, 1.54) is 5.56 Å². The second-order valence-electron chi connectivity index (χ2n) is 7.65. The van der Waals surface area contributed by atoms with Crippen molar-refractivity contribution in [1.29, 1.82) is 0 Å². The first kappa shape index (κ1) is 30.5. The van der Waals surface area contributed by atoms with Crippen LogP contribution in [0.25, 0.3) is 11.4 Å². The molecule has 2 N–H and O–H groups in total. The van der Waals surface area contributed by atoms with Crippen molar-refractivity contribution >= 4 is 23.5 Å². The number of carboxylic acid groups (broad SMARTS) is 2. The van der Waals surface area contributed by atoms with Crippen LogP contribution in [-0.4, -0.2) is 67.6 Å². The second kappa shape index (κ2) is 13.2. The summed E-state index contributed by atoms with van der Waals surface area (Å²) in [7, 11) is 0. The molecule has 16 heteroatoms. The van der Waals surface area contributed by atoms with Gasteiger partial charge in [0.25, 0.3) is 0 Å². The van der Waals surface area contributed by atoms with Crippen molar-refractivity contribution in [3.63, 3.8) is 0 Å². The zero-order valence-corrected chi connectivity index (χ0v) is 19.8. The number of carbonyl (C=O) groups is 2. The fraction of sp³-hybridized carbons (Fsp3) is 0.318. The van der Waals surface area contributed by atoms with Crippen LogP contribution in [0.15, 0.2) is 53.3 Å². The summed E-state index contributed by atoms with van der Waals surface area (Å²) in [5.74, 6) is -3.87. The summed E-state index contributed by atoms with van der Waals surface area (Å²) in [5, 5.41) is 19.1. The van der Waals surface area contributed by atoms with Gasteiger partial charge in [0.05, 0.1) is 5.92 Å². The minimum atomic E-state index is -5.08. The first-order chi connectivity index (χ1) is 17.7. The summed E-state index contributed by atoms with van der Waals surface area (Å²) in [6.07, 6.45) is -5.67. The molecule has 1 saturated heterocycles. The van der Waals surface area contributed by atoms with Crippen molar-refractivity contribution in [3.05, 3.63) is 65.3 Å². The first-order valence-corrected chi connectivity index (χ1v) is 10.9. The highest BCUT2D eigenvalue weighted by molar-refractivity contribution is 6.30. The number of pyridine rings is 1. The number of hydrogen-bond donors (Lipinski definition) is 2. The molecule has 1 aromatic carbocycles. The molecule has 0 radical (unpaired) electrons. The van der Waals surface area contributed by atoms with E-state index < -0.39 is 24.3 Å². The van der Waals surface area contributed by atoms with Crippen molar-refractivity contribution in [2.45, 2.75) is 31.2 Å². The molecule has 1 aliphatic heterocycles. The molecule has 9 nitrogen and oxygen atoms in total. The van der Waals surface area contributed by atoms with Gasteiger partial charge in [0, 0.05) is 36.1 Å². The molecule has 38 heavy (non-hydrogen) atoms. The second-order valence-corrected chi connectivity index (χ2v) is 8.08. The summed E-state index contributed by atoms with van der Waals surface area (Å²) in [6.45, 7) is 2.87. The summed E-state index contributed by atoms with van der Waals surface area (Å²) in [5.41, 5.74) is 2.19. The van der Waals surface area contributed by atoms with E-state index in [0.29, 0.717) is 11.7 Å². The Kier molecular flexibility index (Phi) is 10.6. The maximum absolute atomic E-state index is 10.6. The number of alkyl halides is 6. The predicted molar refractivity (Wildman–Crippen MR) is 119 cm³/mol. The minimum Gasteiger partial charge on any atom is -0.475 e. The normalized spacial score (nSPS) is 15.6. The molecule has 206 valence electrons. The lowest BCUT2D eigenvalue weighted by Gasteiger charge is -2.15. The van der Waals surface area contributed by atoms with Crippen LogP contribution in [0.4, 0.5) is 26.3 Å². The Hall–Kier alpha value is -3.72. The van der Waals surface area contributed by atoms with Crippen LogP contribution in [0.2, 0.25) is 5.02 Å². The van der Waals surface area contributed by atoms with Crippen molar-refractivity contribution in [3.8, 4) is 11.4 Å². The fourth-order valence-electron chi connectivity index (χ4n) is 3.05. The highest BCUT2D eigenvalue weighted by Gasteiger charge is 2.38. The van der Waals surface area contributed by atoms with Crippen LogP contribution >= 0.6 is 11.6 Å². The van der Waals surface area contributed by atoms with E-state index in [1.807, 2.05) is 24.3 Å². The zero-order chi connectivity index (χ0) is 28.5. The van der Waals surface area contributed by atoms with Crippen LogP contribution in [-0.2, 0) is 16.1 Å². The molecule has 1 atom stereocenters. The molecule has 3 aromatic rings. The largest absolute Gasteiger partial charge is 0.490 e. The van der Waals surface area contributed by atoms with Crippen molar-refractivity contribution in [2.24, 2.45) is 0 Å². The number of likely N-dealkylation sites (tertiary alicyclic amines) is 1. The fourth-order valence-corrected chi connectivity index (χ4v) is 3.17. The van der Waals surface area contributed by atoms with Gasteiger partial charge in [0.2, 0.25) is 11.7 Å². The van der Waals surface area contributed by atoms with E-state index in [-0.39, 0.29) is 0 Å². The Labute approximate surface area is 215 Å². The van der Waals surface area contributed by atoms with Gasteiger partial charge >= 0.3 is 24.3 Å². The molecule has 0 amide bonds. The molecule has 0 spiro atoms. The molecule has 3 heterocycles. The molecule has 1 fully saturated rings. The smallest absolute Gasteiger partial charge is 0.475 e. The Morgan fingerprint density at radius 3 is 2.00 bits per heavy atom. The number of rotatable bonds is 4. The lowest BCUT2D eigenvalue weighted by molar-refractivity contribution is -0.193. The van der Waals surface area contributed by atoms with E-state index in [9.17, 15) is 26.3 Å². The third-order valence-corrected chi connectivity index (χ3v) is 5.06. The van der Waals surface area contributed by atoms with E-state index in [2.05, 4.69) is 32.2 Å². The van der Waals surface area contributed by atoms with Gasteiger partial charge in [0.15, 0.2) is 0 Å². The summed E-state index contributed by atoms with van der Waals surface area (Å²) >= 11 is 5.94. The number of benzene rings is 1. The van der Waals surface area contributed by atoms with E-state index in [4.69, 9.17) is 35.9 Å². The van der Waals surface area contributed by atoms with Gasteiger partial charge in [0.1, 0.15) is 0 Å². The molecule has 0 bridgehead atoms. The quantitative estimate of drug-likeness (QED) is 0.416. The maximum atomic E-state index is 10.6.